The highest BCUT2D eigenvalue weighted by atomic mass is 32.2. The largest absolute Gasteiger partial charge is 0.451 e. The van der Waals surface area contributed by atoms with Crippen LogP contribution in [0, 0.1) is 5.92 Å². The van der Waals surface area contributed by atoms with Crippen molar-refractivity contribution in [2.75, 3.05) is 18.4 Å². The summed E-state index contributed by atoms with van der Waals surface area (Å²) < 4.78 is 32.9. The smallest absolute Gasteiger partial charge is 0.291 e. The average Bonchev–Trinajstić information content (AvgIpc) is 2.79. The number of carbonyl (C=O) groups excluding carboxylic acids is 1. The van der Waals surface area contributed by atoms with E-state index in [1.54, 1.807) is 12.1 Å². The number of rotatable bonds is 5. The Morgan fingerprint density at radius 1 is 1.16 bits per heavy atom. The van der Waals surface area contributed by atoms with Crippen LogP contribution in [0.5, 0.6) is 0 Å². The molecule has 8 heteroatoms. The molecule has 1 aliphatic rings. The number of fused-ring (bicyclic) bond motifs is 1. The van der Waals surface area contributed by atoms with Crippen LogP contribution in [0.4, 0.5) is 5.69 Å². The molecule has 3 aromatic rings. The van der Waals surface area contributed by atoms with E-state index in [1.807, 2.05) is 19.9 Å². The second-order valence-corrected chi connectivity index (χ2v) is 10.2. The summed E-state index contributed by atoms with van der Waals surface area (Å²) in [6.45, 7) is 5.08. The van der Waals surface area contributed by atoms with Gasteiger partial charge in [-0.05, 0) is 67.1 Å². The van der Waals surface area contributed by atoms with Gasteiger partial charge in [-0.15, -0.1) is 0 Å². The molecule has 1 aliphatic heterocycles. The van der Waals surface area contributed by atoms with Crippen LogP contribution >= 0.6 is 0 Å². The van der Waals surface area contributed by atoms with E-state index in [4.69, 9.17) is 4.42 Å². The number of piperidine rings is 1. The lowest BCUT2D eigenvalue weighted by molar-refractivity contribution is 0.0997. The first kappa shape index (κ1) is 22.2. The molecule has 0 unspecified atom stereocenters. The molecule has 1 amide bonds. The molecule has 0 aliphatic carbocycles. The van der Waals surface area contributed by atoms with Crippen molar-refractivity contribution in [3.63, 3.8) is 0 Å². The highest BCUT2D eigenvalue weighted by Crippen LogP contribution is 2.24. The fraction of sp³-hybridized carbons (Fsp3) is 0.333. The number of nitrogens with zero attached hydrogens (tertiary/aromatic N) is 1. The lowest BCUT2D eigenvalue weighted by atomic mass is 10.0. The molecule has 1 atom stereocenters. The number of nitrogens with one attached hydrogen (secondary N) is 1. The van der Waals surface area contributed by atoms with E-state index >= 15 is 0 Å². The zero-order valence-electron chi connectivity index (χ0n) is 18.1. The summed E-state index contributed by atoms with van der Waals surface area (Å²) in [5.74, 6) is -0.350. The van der Waals surface area contributed by atoms with Gasteiger partial charge in [0.15, 0.2) is 11.2 Å². The number of anilines is 1. The fourth-order valence-corrected chi connectivity index (χ4v) is 5.55. The van der Waals surface area contributed by atoms with E-state index in [0.29, 0.717) is 35.7 Å². The second kappa shape index (κ2) is 8.88. The summed E-state index contributed by atoms with van der Waals surface area (Å²) in [6.07, 6.45) is 2.67. The Morgan fingerprint density at radius 2 is 1.91 bits per heavy atom. The van der Waals surface area contributed by atoms with Crippen molar-refractivity contribution in [1.29, 1.82) is 0 Å². The number of amides is 1. The van der Waals surface area contributed by atoms with E-state index in [2.05, 4.69) is 5.32 Å². The zero-order chi connectivity index (χ0) is 22.9. The SMILES string of the molecule is CCc1ccc2oc(C(=O)Nc3ccc(S(=O)(=O)N4CCC[C@H](C)C4)cc3)cc(=O)c2c1. The molecule has 2 aromatic carbocycles. The standard InChI is InChI=1S/C24H26N2O5S/c1-3-17-6-11-22-20(13-17)21(27)14-23(31-22)24(28)25-18-7-9-19(10-8-18)32(29,30)26-12-4-5-16(2)15-26/h6-11,13-14,16H,3-5,12,15H2,1-2H3,(H,25,28)/t16-/m0/s1. The monoisotopic (exact) mass is 454 g/mol. The maximum Gasteiger partial charge on any atom is 0.291 e. The molecule has 1 fully saturated rings. The molecule has 2 heterocycles. The van der Waals surface area contributed by atoms with E-state index in [0.717, 1.165) is 24.8 Å². The minimum atomic E-state index is -3.57. The second-order valence-electron chi connectivity index (χ2n) is 8.25. The van der Waals surface area contributed by atoms with Gasteiger partial charge in [0, 0.05) is 24.8 Å². The van der Waals surface area contributed by atoms with Crippen LogP contribution in [0.3, 0.4) is 0 Å². The van der Waals surface area contributed by atoms with Crippen molar-refractivity contribution < 1.29 is 17.6 Å². The van der Waals surface area contributed by atoms with Gasteiger partial charge in [-0.2, -0.15) is 4.31 Å². The van der Waals surface area contributed by atoms with Crippen LogP contribution in [0.15, 0.2) is 62.6 Å². The molecule has 1 N–H and O–H groups in total. The molecule has 1 saturated heterocycles. The van der Waals surface area contributed by atoms with Crippen LogP contribution in [0.2, 0.25) is 0 Å². The highest BCUT2D eigenvalue weighted by Gasteiger charge is 2.28. The van der Waals surface area contributed by atoms with Crippen molar-refractivity contribution >= 4 is 32.6 Å². The van der Waals surface area contributed by atoms with Crippen molar-refractivity contribution in [3.05, 3.63) is 70.1 Å². The number of hydrogen-bond acceptors (Lipinski definition) is 5. The van der Waals surface area contributed by atoms with Crippen molar-refractivity contribution in [2.24, 2.45) is 5.92 Å². The molecule has 168 valence electrons. The zero-order valence-corrected chi connectivity index (χ0v) is 18.9. The number of benzene rings is 2. The van der Waals surface area contributed by atoms with Gasteiger partial charge >= 0.3 is 0 Å². The molecular weight excluding hydrogens is 428 g/mol. The molecule has 0 saturated carbocycles. The maximum absolute atomic E-state index is 12.9. The Bertz CT molecular complexity index is 1310. The van der Waals surface area contributed by atoms with Crippen LogP contribution < -0.4 is 10.7 Å². The number of aryl methyl sites for hydroxylation is 1. The van der Waals surface area contributed by atoms with E-state index < -0.39 is 15.9 Å². The first-order chi connectivity index (χ1) is 15.3. The van der Waals surface area contributed by atoms with E-state index in [9.17, 15) is 18.0 Å². The van der Waals surface area contributed by atoms with Gasteiger partial charge in [0.2, 0.25) is 10.0 Å². The van der Waals surface area contributed by atoms with Crippen LogP contribution in [0.1, 0.15) is 42.8 Å². The molecular formula is C24H26N2O5S. The van der Waals surface area contributed by atoms with Crippen molar-refractivity contribution in [1.82, 2.24) is 4.31 Å². The van der Waals surface area contributed by atoms with Gasteiger partial charge in [0.05, 0.1) is 10.3 Å². The Kier molecular flexibility index (Phi) is 6.17. The lowest BCUT2D eigenvalue weighted by Crippen LogP contribution is -2.39. The molecule has 1 aromatic heterocycles. The molecule has 32 heavy (non-hydrogen) atoms. The number of hydrogen-bond donors (Lipinski definition) is 1. The van der Waals surface area contributed by atoms with E-state index in [-0.39, 0.29) is 16.1 Å². The summed E-state index contributed by atoms with van der Waals surface area (Å²) in [7, 11) is -3.57. The third-order valence-electron chi connectivity index (χ3n) is 5.79. The lowest BCUT2D eigenvalue weighted by Gasteiger charge is -2.30. The third kappa shape index (κ3) is 4.47. The Morgan fingerprint density at radius 3 is 2.59 bits per heavy atom. The minimum absolute atomic E-state index is 0.106. The van der Waals surface area contributed by atoms with Crippen LogP contribution in [-0.2, 0) is 16.4 Å². The fourth-order valence-electron chi connectivity index (χ4n) is 3.95. The summed E-state index contributed by atoms with van der Waals surface area (Å²) in [5.41, 5.74) is 1.47. The van der Waals surface area contributed by atoms with Crippen molar-refractivity contribution in [3.8, 4) is 0 Å². The summed E-state index contributed by atoms with van der Waals surface area (Å²) >= 11 is 0. The first-order valence-corrected chi connectivity index (χ1v) is 12.2. The molecule has 4 rings (SSSR count). The van der Waals surface area contributed by atoms with E-state index in [1.165, 1.54) is 34.6 Å². The van der Waals surface area contributed by atoms with Gasteiger partial charge in [-0.1, -0.05) is 19.9 Å². The molecule has 0 spiro atoms. The van der Waals surface area contributed by atoms with Gasteiger partial charge < -0.3 is 9.73 Å². The quantitative estimate of drug-likeness (QED) is 0.628. The number of sulfonamides is 1. The average molecular weight is 455 g/mol. The van der Waals surface area contributed by atoms with Gasteiger partial charge in [-0.25, -0.2) is 8.42 Å². The summed E-state index contributed by atoms with van der Waals surface area (Å²) in [6, 6.07) is 12.5. The number of carbonyl (C=O) groups is 1. The predicted octanol–water partition coefficient (Wildman–Crippen LogP) is 4.03. The van der Waals surface area contributed by atoms with Crippen LogP contribution in [-0.4, -0.2) is 31.7 Å². The molecule has 7 nitrogen and oxygen atoms in total. The Labute approximate surface area is 187 Å². The molecule has 0 radical (unpaired) electrons. The summed E-state index contributed by atoms with van der Waals surface area (Å²) in [4.78, 5) is 25.3. The first-order valence-electron chi connectivity index (χ1n) is 10.8. The van der Waals surface area contributed by atoms with Gasteiger partial charge in [-0.3, -0.25) is 9.59 Å². The summed E-state index contributed by atoms with van der Waals surface area (Å²) in [5, 5.41) is 3.09. The van der Waals surface area contributed by atoms with Gasteiger partial charge in [0.1, 0.15) is 5.58 Å². The van der Waals surface area contributed by atoms with Gasteiger partial charge in [0.25, 0.3) is 5.91 Å². The highest BCUT2D eigenvalue weighted by molar-refractivity contribution is 7.89. The Hall–Kier alpha value is -2.97. The minimum Gasteiger partial charge on any atom is -0.451 e. The van der Waals surface area contributed by atoms with Crippen LogP contribution in [0.25, 0.3) is 11.0 Å². The van der Waals surface area contributed by atoms with Crippen molar-refractivity contribution in [2.45, 2.75) is 38.0 Å². The topological polar surface area (TPSA) is 96.7 Å². The predicted molar refractivity (Wildman–Crippen MR) is 123 cm³/mol. The Balaban J connectivity index is 1.52. The maximum atomic E-state index is 12.9. The third-order valence-corrected chi connectivity index (χ3v) is 7.67. The normalized spacial score (nSPS) is 17.4. The molecule has 0 bridgehead atoms.